The van der Waals surface area contributed by atoms with Crippen molar-refractivity contribution >= 4 is 11.6 Å². The van der Waals surface area contributed by atoms with Crippen LogP contribution in [0.15, 0.2) is 12.4 Å². The highest BCUT2D eigenvalue weighted by Crippen LogP contribution is 2.07. The van der Waals surface area contributed by atoms with Gasteiger partial charge in [-0.1, -0.05) is 13.8 Å². The van der Waals surface area contributed by atoms with Gasteiger partial charge in [0, 0.05) is 18.9 Å². The van der Waals surface area contributed by atoms with Gasteiger partial charge in [-0.15, -0.1) is 0 Å². The van der Waals surface area contributed by atoms with Crippen LogP contribution in [0.25, 0.3) is 0 Å². The highest BCUT2D eigenvalue weighted by atomic mass is 35.5. The molecule has 0 amide bonds. The average molecular weight is 159 g/mol. The molecular weight excluding hydrogens is 148 g/mol. The van der Waals surface area contributed by atoms with Gasteiger partial charge in [0.25, 0.3) is 0 Å². The number of halogens is 1. The molecule has 1 aromatic heterocycles. The van der Waals surface area contributed by atoms with Gasteiger partial charge in [0.1, 0.15) is 0 Å². The second-order valence-electron chi connectivity index (χ2n) is 2.74. The summed E-state index contributed by atoms with van der Waals surface area (Å²) in [5.74, 6) is 0.617. The molecule has 0 aliphatic heterocycles. The molecule has 2 nitrogen and oxygen atoms in total. The molecule has 56 valence electrons. The zero-order valence-corrected chi connectivity index (χ0v) is 6.97. The largest absolute Gasteiger partial charge is 0.322 e. The minimum atomic E-state index is 0.578. The normalized spacial score (nSPS) is 10.8. The Bertz CT molecular complexity index is 205. The van der Waals surface area contributed by atoms with Crippen LogP contribution in [-0.4, -0.2) is 9.55 Å². The van der Waals surface area contributed by atoms with Crippen molar-refractivity contribution in [3.8, 4) is 0 Å². The first-order valence-electron chi connectivity index (χ1n) is 3.37. The van der Waals surface area contributed by atoms with Gasteiger partial charge in [0.2, 0.25) is 5.28 Å². The predicted molar refractivity (Wildman–Crippen MR) is 42.1 cm³/mol. The van der Waals surface area contributed by atoms with Crippen molar-refractivity contribution < 1.29 is 0 Å². The van der Waals surface area contributed by atoms with Crippen LogP contribution in [0.1, 0.15) is 13.8 Å². The summed E-state index contributed by atoms with van der Waals surface area (Å²) < 4.78 is 1.94. The summed E-state index contributed by atoms with van der Waals surface area (Å²) in [4.78, 5) is 3.90. The third-order valence-corrected chi connectivity index (χ3v) is 1.54. The molecule has 1 rings (SSSR count). The van der Waals surface area contributed by atoms with E-state index in [1.165, 1.54) is 0 Å². The van der Waals surface area contributed by atoms with E-state index in [2.05, 4.69) is 18.8 Å². The zero-order valence-electron chi connectivity index (χ0n) is 6.21. The van der Waals surface area contributed by atoms with Crippen LogP contribution >= 0.6 is 11.6 Å². The van der Waals surface area contributed by atoms with Crippen molar-refractivity contribution in [1.82, 2.24) is 9.55 Å². The van der Waals surface area contributed by atoms with Crippen LogP contribution in [-0.2, 0) is 6.54 Å². The fourth-order valence-corrected chi connectivity index (χ4v) is 1.02. The molecule has 0 radical (unpaired) electrons. The minimum Gasteiger partial charge on any atom is -0.322 e. The van der Waals surface area contributed by atoms with Crippen molar-refractivity contribution in [1.29, 1.82) is 0 Å². The molecule has 0 atom stereocenters. The molecule has 0 aliphatic rings. The van der Waals surface area contributed by atoms with Gasteiger partial charge in [0.05, 0.1) is 0 Å². The molecule has 0 N–H and O–H groups in total. The predicted octanol–water partition coefficient (Wildman–Crippen LogP) is 2.19. The van der Waals surface area contributed by atoms with Gasteiger partial charge in [-0.3, -0.25) is 0 Å². The molecule has 0 bridgehead atoms. The number of hydrogen-bond acceptors (Lipinski definition) is 1. The monoisotopic (exact) mass is 158 g/mol. The standard InChI is InChI=1S/C7H11ClN2/c1-6(2)5-10-4-3-9-7(10)8/h3-4,6H,5H2,1-2H3. The Kier molecular flexibility index (Phi) is 2.33. The van der Waals surface area contributed by atoms with E-state index < -0.39 is 0 Å². The Hall–Kier alpha value is -0.500. The van der Waals surface area contributed by atoms with Gasteiger partial charge in [0.15, 0.2) is 0 Å². The van der Waals surface area contributed by atoms with E-state index in [-0.39, 0.29) is 0 Å². The van der Waals surface area contributed by atoms with E-state index in [4.69, 9.17) is 11.6 Å². The van der Waals surface area contributed by atoms with Crippen LogP contribution in [0.4, 0.5) is 0 Å². The van der Waals surface area contributed by atoms with E-state index in [1.807, 2.05) is 10.8 Å². The first kappa shape index (κ1) is 7.61. The van der Waals surface area contributed by atoms with Gasteiger partial charge >= 0.3 is 0 Å². The lowest BCUT2D eigenvalue weighted by molar-refractivity contribution is 0.523. The van der Waals surface area contributed by atoms with Crippen molar-refractivity contribution in [3.63, 3.8) is 0 Å². The van der Waals surface area contributed by atoms with Crippen molar-refractivity contribution in [2.75, 3.05) is 0 Å². The molecule has 0 aromatic carbocycles. The number of rotatable bonds is 2. The first-order valence-corrected chi connectivity index (χ1v) is 3.74. The zero-order chi connectivity index (χ0) is 7.56. The summed E-state index contributed by atoms with van der Waals surface area (Å²) in [7, 11) is 0. The first-order chi connectivity index (χ1) is 4.70. The molecule has 0 unspecified atom stereocenters. The highest BCUT2D eigenvalue weighted by molar-refractivity contribution is 6.28. The number of hydrogen-bond donors (Lipinski definition) is 0. The molecule has 1 heterocycles. The number of nitrogens with zero attached hydrogens (tertiary/aromatic N) is 2. The molecule has 0 saturated heterocycles. The van der Waals surface area contributed by atoms with Crippen LogP contribution in [0.5, 0.6) is 0 Å². The lowest BCUT2D eigenvalue weighted by Gasteiger charge is -2.05. The van der Waals surface area contributed by atoms with E-state index in [0.717, 1.165) is 6.54 Å². The maximum absolute atomic E-state index is 5.74. The van der Waals surface area contributed by atoms with Crippen molar-refractivity contribution in [3.05, 3.63) is 17.7 Å². The second kappa shape index (κ2) is 3.06. The van der Waals surface area contributed by atoms with E-state index in [0.29, 0.717) is 11.2 Å². The van der Waals surface area contributed by atoms with E-state index in [9.17, 15) is 0 Å². The third kappa shape index (κ3) is 1.74. The molecule has 3 heteroatoms. The summed E-state index contributed by atoms with van der Waals surface area (Å²) in [5, 5.41) is 0.578. The van der Waals surface area contributed by atoms with Gasteiger partial charge in [-0.2, -0.15) is 0 Å². The maximum Gasteiger partial charge on any atom is 0.202 e. The van der Waals surface area contributed by atoms with Gasteiger partial charge in [-0.25, -0.2) is 4.98 Å². The summed E-state index contributed by atoms with van der Waals surface area (Å²) in [6.45, 7) is 5.24. The van der Waals surface area contributed by atoms with E-state index >= 15 is 0 Å². The van der Waals surface area contributed by atoms with Crippen molar-refractivity contribution in [2.45, 2.75) is 20.4 Å². The van der Waals surface area contributed by atoms with Crippen LogP contribution in [0.2, 0.25) is 5.28 Å². The van der Waals surface area contributed by atoms with E-state index in [1.54, 1.807) is 6.20 Å². The van der Waals surface area contributed by atoms with Crippen LogP contribution in [0.3, 0.4) is 0 Å². The second-order valence-corrected chi connectivity index (χ2v) is 3.08. The summed E-state index contributed by atoms with van der Waals surface area (Å²) >= 11 is 5.74. The molecule has 10 heavy (non-hydrogen) atoms. The number of imidazole rings is 1. The summed E-state index contributed by atoms with van der Waals surface area (Å²) in [5.41, 5.74) is 0. The smallest absolute Gasteiger partial charge is 0.202 e. The molecular formula is C7H11ClN2. The van der Waals surface area contributed by atoms with Crippen LogP contribution < -0.4 is 0 Å². The quantitative estimate of drug-likeness (QED) is 0.645. The molecule has 0 aliphatic carbocycles. The number of aromatic nitrogens is 2. The molecule has 1 aromatic rings. The Morgan fingerprint density at radius 2 is 2.40 bits per heavy atom. The maximum atomic E-state index is 5.74. The highest BCUT2D eigenvalue weighted by Gasteiger charge is 1.99. The molecule has 0 saturated carbocycles. The van der Waals surface area contributed by atoms with Gasteiger partial charge < -0.3 is 4.57 Å². The fourth-order valence-electron chi connectivity index (χ4n) is 0.841. The average Bonchev–Trinajstić information content (AvgIpc) is 2.15. The summed E-state index contributed by atoms with van der Waals surface area (Å²) in [6, 6.07) is 0. The SMILES string of the molecule is CC(C)Cn1ccnc1Cl. The van der Waals surface area contributed by atoms with Gasteiger partial charge in [-0.05, 0) is 17.5 Å². The van der Waals surface area contributed by atoms with Crippen LogP contribution in [0, 0.1) is 5.92 Å². The lowest BCUT2D eigenvalue weighted by Crippen LogP contribution is -2.02. The fraction of sp³-hybridized carbons (Fsp3) is 0.571. The Morgan fingerprint density at radius 1 is 1.70 bits per heavy atom. The minimum absolute atomic E-state index is 0.578. The molecule has 0 fully saturated rings. The Labute approximate surface area is 65.8 Å². The Balaban J connectivity index is 2.65. The lowest BCUT2D eigenvalue weighted by atomic mass is 10.2. The molecule has 0 spiro atoms. The van der Waals surface area contributed by atoms with Crippen molar-refractivity contribution in [2.24, 2.45) is 5.92 Å². The Morgan fingerprint density at radius 3 is 2.80 bits per heavy atom. The topological polar surface area (TPSA) is 17.8 Å². The third-order valence-electron chi connectivity index (χ3n) is 1.23. The summed E-state index contributed by atoms with van der Waals surface area (Å²) in [6.07, 6.45) is 3.60.